The lowest BCUT2D eigenvalue weighted by Gasteiger charge is -2.31. The van der Waals surface area contributed by atoms with Crippen LogP contribution in [0.4, 0.5) is 0 Å². The van der Waals surface area contributed by atoms with Crippen LogP contribution in [0.5, 0.6) is 0 Å². The van der Waals surface area contributed by atoms with Gasteiger partial charge in [-0.25, -0.2) is 0 Å². The first-order chi connectivity index (χ1) is 12.6. The van der Waals surface area contributed by atoms with E-state index in [1.54, 1.807) is 24.4 Å². The Balaban J connectivity index is 1.82. The molecule has 26 heavy (non-hydrogen) atoms. The van der Waals surface area contributed by atoms with Crippen molar-refractivity contribution in [3.05, 3.63) is 63.9 Å². The molecule has 138 valence electrons. The standard InChI is InChI=1S/C20H23Cl2N3O/c21-18-7-3-8-19(22)17(18)13-20(26)25(14-15-5-1-2-11-24-15)16-6-4-10-23-12-9-16/h1-3,5,7-8,11,16,23H,4,6,9-10,12-14H2. The highest BCUT2D eigenvalue weighted by molar-refractivity contribution is 6.36. The van der Waals surface area contributed by atoms with Crippen molar-refractivity contribution in [2.45, 2.75) is 38.3 Å². The molecule has 0 spiro atoms. The number of nitrogens with one attached hydrogen (secondary N) is 1. The van der Waals surface area contributed by atoms with Gasteiger partial charge in [-0.3, -0.25) is 9.78 Å². The van der Waals surface area contributed by atoms with E-state index in [1.165, 1.54) is 0 Å². The molecule has 1 amide bonds. The summed E-state index contributed by atoms with van der Waals surface area (Å²) in [6.45, 7) is 2.42. The number of amides is 1. The zero-order valence-electron chi connectivity index (χ0n) is 14.6. The van der Waals surface area contributed by atoms with Gasteiger partial charge in [-0.2, -0.15) is 0 Å². The molecule has 1 fully saturated rings. The highest BCUT2D eigenvalue weighted by Crippen LogP contribution is 2.26. The lowest BCUT2D eigenvalue weighted by Crippen LogP contribution is -2.41. The monoisotopic (exact) mass is 391 g/mol. The lowest BCUT2D eigenvalue weighted by atomic mass is 10.0. The van der Waals surface area contributed by atoms with Gasteiger partial charge < -0.3 is 10.2 Å². The third kappa shape index (κ3) is 4.97. The molecule has 1 aromatic carbocycles. The second-order valence-corrected chi connectivity index (χ2v) is 7.37. The van der Waals surface area contributed by atoms with Crippen LogP contribution in [-0.2, 0) is 17.8 Å². The van der Waals surface area contributed by atoms with E-state index in [-0.39, 0.29) is 18.4 Å². The minimum Gasteiger partial charge on any atom is -0.333 e. The average Bonchev–Trinajstić information content (AvgIpc) is 2.93. The number of hydrogen-bond acceptors (Lipinski definition) is 3. The molecular weight excluding hydrogens is 369 g/mol. The number of aromatic nitrogens is 1. The highest BCUT2D eigenvalue weighted by Gasteiger charge is 2.26. The van der Waals surface area contributed by atoms with E-state index in [4.69, 9.17) is 23.2 Å². The number of nitrogens with zero attached hydrogens (tertiary/aromatic N) is 2. The summed E-state index contributed by atoms with van der Waals surface area (Å²) in [5.41, 5.74) is 1.59. The largest absolute Gasteiger partial charge is 0.333 e. The molecule has 1 unspecified atom stereocenters. The SMILES string of the molecule is O=C(Cc1c(Cl)cccc1Cl)N(Cc1ccccn1)C1CCCNCC1. The molecular formula is C20H23Cl2N3O. The van der Waals surface area contributed by atoms with E-state index in [0.29, 0.717) is 22.2 Å². The van der Waals surface area contributed by atoms with Crippen molar-refractivity contribution in [1.82, 2.24) is 15.2 Å². The summed E-state index contributed by atoms with van der Waals surface area (Å²) >= 11 is 12.5. The minimum absolute atomic E-state index is 0.0394. The molecule has 2 aromatic rings. The fourth-order valence-electron chi connectivity index (χ4n) is 3.35. The molecule has 6 heteroatoms. The zero-order chi connectivity index (χ0) is 18.4. The molecule has 0 bridgehead atoms. The molecule has 1 aliphatic heterocycles. The van der Waals surface area contributed by atoms with E-state index in [2.05, 4.69) is 10.3 Å². The highest BCUT2D eigenvalue weighted by atomic mass is 35.5. The van der Waals surface area contributed by atoms with Gasteiger partial charge >= 0.3 is 0 Å². The third-order valence-electron chi connectivity index (χ3n) is 4.75. The molecule has 1 aliphatic rings. The van der Waals surface area contributed by atoms with Gasteiger partial charge in [0, 0.05) is 22.3 Å². The Morgan fingerprint density at radius 3 is 2.65 bits per heavy atom. The summed E-state index contributed by atoms with van der Waals surface area (Å²) in [5.74, 6) is 0.0394. The number of benzene rings is 1. The van der Waals surface area contributed by atoms with Crippen molar-refractivity contribution in [2.75, 3.05) is 13.1 Å². The van der Waals surface area contributed by atoms with Crippen LogP contribution in [0.3, 0.4) is 0 Å². The molecule has 1 atom stereocenters. The van der Waals surface area contributed by atoms with Crippen molar-refractivity contribution in [2.24, 2.45) is 0 Å². The van der Waals surface area contributed by atoms with Crippen LogP contribution in [0.1, 0.15) is 30.5 Å². The Bertz CT molecular complexity index is 711. The van der Waals surface area contributed by atoms with Gasteiger partial charge in [-0.1, -0.05) is 35.3 Å². The second-order valence-electron chi connectivity index (χ2n) is 6.55. The van der Waals surface area contributed by atoms with Crippen LogP contribution in [0, 0.1) is 0 Å². The Labute approximate surface area is 164 Å². The Kier molecular flexibility index (Phi) is 6.89. The number of halogens is 2. The topological polar surface area (TPSA) is 45.2 Å². The van der Waals surface area contributed by atoms with Gasteiger partial charge in [0.2, 0.25) is 5.91 Å². The maximum atomic E-state index is 13.2. The van der Waals surface area contributed by atoms with Crippen molar-refractivity contribution < 1.29 is 4.79 Å². The van der Waals surface area contributed by atoms with Gasteiger partial charge in [-0.05, 0) is 62.2 Å². The Morgan fingerprint density at radius 2 is 1.92 bits per heavy atom. The van der Waals surface area contributed by atoms with E-state index in [9.17, 15) is 4.79 Å². The maximum Gasteiger partial charge on any atom is 0.227 e. The number of rotatable bonds is 5. The van der Waals surface area contributed by atoms with Gasteiger partial charge in [0.25, 0.3) is 0 Å². The smallest absolute Gasteiger partial charge is 0.227 e. The normalized spacial score (nSPS) is 17.5. The third-order valence-corrected chi connectivity index (χ3v) is 5.46. The van der Waals surface area contributed by atoms with Crippen LogP contribution >= 0.6 is 23.2 Å². The second kappa shape index (κ2) is 9.36. The average molecular weight is 392 g/mol. The van der Waals surface area contributed by atoms with Gasteiger partial charge in [0.15, 0.2) is 0 Å². The molecule has 0 saturated carbocycles. The molecule has 1 N–H and O–H groups in total. The predicted molar refractivity (Wildman–Crippen MR) is 105 cm³/mol. The quantitative estimate of drug-likeness (QED) is 0.833. The molecule has 0 aliphatic carbocycles. The number of carbonyl (C=O) groups excluding carboxylic acids is 1. The van der Waals surface area contributed by atoms with Crippen molar-refractivity contribution >= 4 is 29.1 Å². The molecule has 0 radical (unpaired) electrons. The summed E-state index contributed by atoms with van der Waals surface area (Å²) < 4.78 is 0. The molecule has 1 aromatic heterocycles. The van der Waals surface area contributed by atoms with Crippen molar-refractivity contribution in [1.29, 1.82) is 0 Å². The van der Waals surface area contributed by atoms with Crippen molar-refractivity contribution in [3.63, 3.8) is 0 Å². The van der Waals surface area contributed by atoms with Gasteiger partial charge in [0.1, 0.15) is 0 Å². The Morgan fingerprint density at radius 1 is 1.12 bits per heavy atom. The predicted octanol–water partition coefficient (Wildman–Crippen LogP) is 4.10. The van der Waals surface area contributed by atoms with Crippen LogP contribution in [0.15, 0.2) is 42.6 Å². The first-order valence-corrected chi connectivity index (χ1v) is 9.73. The Hall–Kier alpha value is -1.62. The number of hydrogen-bond donors (Lipinski definition) is 1. The maximum absolute atomic E-state index is 13.2. The first-order valence-electron chi connectivity index (χ1n) is 8.98. The molecule has 1 saturated heterocycles. The fraction of sp³-hybridized carbons (Fsp3) is 0.400. The number of pyridine rings is 1. The zero-order valence-corrected chi connectivity index (χ0v) is 16.1. The minimum atomic E-state index is 0.0394. The summed E-state index contributed by atoms with van der Waals surface area (Å²) in [6.07, 6.45) is 4.95. The van der Waals surface area contributed by atoms with Crippen LogP contribution in [0.25, 0.3) is 0 Å². The lowest BCUT2D eigenvalue weighted by molar-refractivity contribution is -0.133. The van der Waals surface area contributed by atoms with E-state index in [1.807, 2.05) is 23.1 Å². The van der Waals surface area contributed by atoms with E-state index >= 15 is 0 Å². The van der Waals surface area contributed by atoms with Gasteiger partial charge in [0.05, 0.1) is 18.7 Å². The molecule has 3 rings (SSSR count). The van der Waals surface area contributed by atoms with E-state index in [0.717, 1.165) is 38.0 Å². The first kappa shape index (κ1) is 19.2. The number of carbonyl (C=O) groups is 1. The van der Waals surface area contributed by atoms with Crippen LogP contribution in [-0.4, -0.2) is 34.9 Å². The van der Waals surface area contributed by atoms with E-state index < -0.39 is 0 Å². The van der Waals surface area contributed by atoms with Gasteiger partial charge in [-0.15, -0.1) is 0 Å². The van der Waals surface area contributed by atoms with Crippen molar-refractivity contribution in [3.8, 4) is 0 Å². The van der Waals surface area contributed by atoms with Crippen LogP contribution in [0.2, 0.25) is 10.0 Å². The fourth-order valence-corrected chi connectivity index (χ4v) is 3.88. The summed E-state index contributed by atoms with van der Waals surface area (Å²) in [4.78, 5) is 19.5. The molecule has 4 nitrogen and oxygen atoms in total. The summed E-state index contributed by atoms with van der Waals surface area (Å²) in [5, 5.41) is 4.47. The van der Waals surface area contributed by atoms with Crippen LogP contribution < -0.4 is 5.32 Å². The summed E-state index contributed by atoms with van der Waals surface area (Å²) in [7, 11) is 0. The molecule has 2 heterocycles. The summed E-state index contributed by atoms with van der Waals surface area (Å²) in [6, 6.07) is 11.3.